The van der Waals surface area contributed by atoms with E-state index >= 15 is 0 Å². The number of nitrogens with zero attached hydrogens (tertiary/aromatic N) is 1. The smallest absolute Gasteiger partial charge is 0.339 e. The van der Waals surface area contributed by atoms with Gasteiger partial charge in [0.2, 0.25) is 0 Å². The van der Waals surface area contributed by atoms with E-state index < -0.39 is 5.97 Å². The molecule has 1 fully saturated rings. The Bertz CT molecular complexity index is 559. The number of phenols is 1. The van der Waals surface area contributed by atoms with Crippen LogP contribution in [0.25, 0.3) is 0 Å². The Hall–Kier alpha value is -2.24. The van der Waals surface area contributed by atoms with Crippen molar-refractivity contribution in [2.45, 2.75) is 32.7 Å². The van der Waals surface area contributed by atoms with Crippen LogP contribution < -0.4 is 5.32 Å². The van der Waals surface area contributed by atoms with Crippen molar-refractivity contribution < 1.29 is 19.8 Å². The molecule has 1 aromatic carbocycles. The molecule has 6 heteroatoms. The number of piperidine rings is 1. The van der Waals surface area contributed by atoms with E-state index in [-0.39, 0.29) is 23.4 Å². The number of hydrogen-bond donors (Lipinski definition) is 3. The average molecular weight is 292 g/mol. The summed E-state index contributed by atoms with van der Waals surface area (Å²) in [7, 11) is 0. The predicted molar refractivity (Wildman–Crippen MR) is 78.7 cm³/mol. The molecule has 2 amide bonds. The molecule has 114 valence electrons. The third-order valence-electron chi connectivity index (χ3n) is 3.88. The van der Waals surface area contributed by atoms with Crippen LogP contribution in [0.1, 0.15) is 37.0 Å². The molecule has 1 aromatic rings. The van der Waals surface area contributed by atoms with Crippen LogP contribution in [-0.4, -0.2) is 39.7 Å². The fourth-order valence-electron chi connectivity index (χ4n) is 2.69. The van der Waals surface area contributed by atoms with E-state index in [2.05, 4.69) is 12.2 Å². The SMILES string of the molecule is CC1CCN(C(=O)Nc2ccc(C(=O)O)c(O)c2)C(C)C1. The van der Waals surface area contributed by atoms with Crippen LogP contribution in [0.4, 0.5) is 10.5 Å². The number of carboxylic acids is 1. The second kappa shape index (κ2) is 6.03. The summed E-state index contributed by atoms with van der Waals surface area (Å²) in [5.74, 6) is -0.951. The minimum Gasteiger partial charge on any atom is -0.507 e. The number of urea groups is 1. The Morgan fingerprint density at radius 2 is 2.05 bits per heavy atom. The summed E-state index contributed by atoms with van der Waals surface area (Å²) in [4.78, 5) is 24.8. The van der Waals surface area contributed by atoms with Crippen LogP contribution in [0.2, 0.25) is 0 Å². The van der Waals surface area contributed by atoms with E-state index in [1.807, 2.05) is 6.92 Å². The van der Waals surface area contributed by atoms with Crippen LogP contribution in [0.15, 0.2) is 18.2 Å². The van der Waals surface area contributed by atoms with Gasteiger partial charge in [-0.25, -0.2) is 9.59 Å². The second-order valence-electron chi connectivity index (χ2n) is 5.64. The Kier molecular flexibility index (Phi) is 4.35. The average Bonchev–Trinajstić information content (AvgIpc) is 2.37. The molecular formula is C15H20N2O4. The molecule has 0 radical (unpaired) electrons. The highest BCUT2D eigenvalue weighted by atomic mass is 16.4. The molecule has 0 aliphatic carbocycles. The Balaban J connectivity index is 2.06. The third kappa shape index (κ3) is 3.45. The summed E-state index contributed by atoms with van der Waals surface area (Å²) in [5.41, 5.74) is 0.196. The van der Waals surface area contributed by atoms with Gasteiger partial charge in [0.15, 0.2) is 0 Å². The van der Waals surface area contributed by atoms with E-state index in [1.165, 1.54) is 18.2 Å². The summed E-state index contributed by atoms with van der Waals surface area (Å²) >= 11 is 0. The van der Waals surface area contributed by atoms with Gasteiger partial charge in [-0.05, 0) is 37.8 Å². The number of anilines is 1. The fraction of sp³-hybridized carbons (Fsp3) is 0.467. The van der Waals surface area contributed by atoms with Crippen LogP contribution in [0, 0.1) is 5.92 Å². The fourth-order valence-corrected chi connectivity index (χ4v) is 2.69. The Labute approximate surface area is 123 Å². The van der Waals surface area contributed by atoms with Gasteiger partial charge in [-0.1, -0.05) is 6.92 Å². The first-order valence-corrected chi connectivity index (χ1v) is 7.02. The highest BCUT2D eigenvalue weighted by molar-refractivity contribution is 5.94. The molecule has 1 aliphatic heterocycles. The number of rotatable bonds is 2. The van der Waals surface area contributed by atoms with E-state index in [0.717, 1.165) is 12.8 Å². The molecule has 3 N–H and O–H groups in total. The molecule has 1 heterocycles. The lowest BCUT2D eigenvalue weighted by Crippen LogP contribution is -2.46. The van der Waals surface area contributed by atoms with Crippen molar-refractivity contribution in [3.05, 3.63) is 23.8 Å². The zero-order valence-electron chi connectivity index (χ0n) is 12.2. The number of carbonyl (C=O) groups excluding carboxylic acids is 1. The van der Waals surface area contributed by atoms with Gasteiger partial charge in [0.05, 0.1) is 0 Å². The van der Waals surface area contributed by atoms with Gasteiger partial charge in [-0.2, -0.15) is 0 Å². The second-order valence-corrected chi connectivity index (χ2v) is 5.64. The summed E-state index contributed by atoms with van der Waals surface area (Å²) in [6.07, 6.45) is 1.94. The number of amides is 2. The van der Waals surface area contributed by atoms with E-state index in [9.17, 15) is 14.7 Å². The van der Waals surface area contributed by atoms with Crippen LogP contribution >= 0.6 is 0 Å². The lowest BCUT2D eigenvalue weighted by molar-refractivity contribution is 0.0693. The Morgan fingerprint density at radius 3 is 2.62 bits per heavy atom. The normalized spacial score (nSPS) is 21.9. The number of aromatic carboxylic acids is 1. The first kappa shape index (κ1) is 15.2. The van der Waals surface area contributed by atoms with Crippen molar-refractivity contribution >= 4 is 17.7 Å². The Morgan fingerprint density at radius 1 is 1.33 bits per heavy atom. The minimum absolute atomic E-state index is 0.167. The summed E-state index contributed by atoms with van der Waals surface area (Å²) in [6.45, 7) is 4.89. The van der Waals surface area contributed by atoms with Gasteiger partial charge in [0.1, 0.15) is 11.3 Å². The molecule has 0 aromatic heterocycles. The lowest BCUT2D eigenvalue weighted by atomic mass is 9.94. The first-order valence-electron chi connectivity index (χ1n) is 7.02. The van der Waals surface area contributed by atoms with Gasteiger partial charge in [0.25, 0.3) is 0 Å². The van der Waals surface area contributed by atoms with Gasteiger partial charge in [-0.3, -0.25) is 0 Å². The van der Waals surface area contributed by atoms with Crippen LogP contribution in [-0.2, 0) is 0 Å². The number of hydrogen-bond acceptors (Lipinski definition) is 3. The van der Waals surface area contributed by atoms with Gasteiger partial charge in [-0.15, -0.1) is 0 Å². The molecule has 21 heavy (non-hydrogen) atoms. The number of benzene rings is 1. The van der Waals surface area contributed by atoms with E-state index in [0.29, 0.717) is 18.2 Å². The minimum atomic E-state index is -1.20. The number of carbonyl (C=O) groups is 2. The van der Waals surface area contributed by atoms with Crippen molar-refractivity contribution in [2.75, 3.05) is 11.9 Å². The molecule has 0 saturated carbocycles. The van der Waals surface area contributed by atoms with Gasteiger partial charge in [0, 0.05) is 24.3 Å². The lowest BCUT2D eigenvalue weighted by Gasteiger charge is -2.36. The van der Waals surface area contributed by atoms with E-state index in [1.54, 1.807) is 4.90 Å². The summed E-state index contributed by atoms with van der Waals surface area (Å²) in [5, 5.41) is 21.2. The third-order valence-corrected chi connectivity index (χ3v) is 3.88. The summed E-state index contributed by atoms with van der Waals surface area (Å²) < 4.78 is 0. The largest absolute Gasteiger partial charge is 0.507 e. The topological polar surface area (TPSA) is 89.9 Å². The molecule has 2 rings (SSSR count). The molecule has 1 saturated heterocycles. The van der Waals surface area contributed by atoms with Crippen molar-refractivity contribution in [3.8, 4) is 5.75 Å². The number of carboxylic acid groups (broad SMARTS) is 1. The van der Waals surface area contributed by atoms with E-state index in [4.69, 9.17) is 5.11 Å². The van der Waals surface area contributed by atoms with Crippen molar-refractivity contribution in [1.82, 2.24) is 4.90 Å². The maximum absolute atomic E-state index is 12.2. The van der Waals surface area contributed by atoms with Crippen molar-refractivity contribution in [2.24, 2.45) is 5.92 Å². The maximum Gasteiger partial charge on any atom is 0.339 e. The van der Waals surface area contributed by atoms with Crippen LogP contribution in [0.5, 0.6) is 5.75 Å². The monoisotopic (exact) mass is 292 g/mol. The number of nitrogens with one attached hydrogen (secondary N) is 1. The molecule has 0 bridgehead atoms. The summed E-state index contributed by atoms with van der Waals surface area (Å²) in [6, 6.07) is 3.93. The zero-order valence-corrected chi connectivity index (χ0v) is 12.2. The molecule has 2 unspecified atom stereocenters. The van der Waals surface area contributed by atoms with Crippen molar-refractivity contribution in [1.29, 1.82) is 0 Å². The standard InChI is InChI=1S/C15H20N2O4/c1-9-5-6-17(10(2)7-9)15(21)16-11-3-4-12(14(19)20)13(18)8-11/h3-4,8-10,18H,5-7H2,1-2H3,(H,16,21)(H,19,20). The maximum atomic E-state index is 12.2. The molecule has 2 atom stereocenters. The first-order chi connectivity index (χ1) is 9.88. The molecule has 1 aliphatic rings. The van der Waals surface area contributed by atoms with Gasteiger partial charge < -0.3 is 20.4 Å². The molecule has 0 spiro atoms. The quantitative estimate of drug-likeness (QED) is 0.781. The predicted octanol–water partition coefficient (Wildman–Crippen LogP) is 2.74. The molecular weight excluding hydrogens is 272 g/mol. The molecule has 6 nitrogen and oxygen atoms in total. The van der Waals surface area contributed by atoms with Crippen molar-refractivity contribution in [3.63, 3.8) is 0 Å². The van der Waals surface area contributed by atoms with Crippen LogP contribution in [0.3, 0.4) is 0 Å². The van der Waals surface area contributed by atoms with Gasteiger partial charge >= 0.3 is 12.0 Å². The zero-order chi connectivity index (χ0) is 15.6. The number of aromatic hydroxyl groups is 1. The number of likely N-dealkylation sites (tertiary alicyclic amines) is 1. The highest BCUT2D eigenvalue weighted by Gasteiger charge is 2.26. The highest BCUT2D eigenvalue weighted by Crippen LogP contribution is 2.25.